The van der Waals surface area contributed by atoms with Gasteiger partial charge in [0.15, 0.2) is 0 Å². The Bertz CT molecular complexity index is 1120. The third-order valence-electron chi connectivity index (χ3n) is 5.63. The van der Waals surface area contributed by atoms with Crippen molar-refractivity contribution in [1.29, 1.82) is 0 Å². The molecule has 0 saturated heterocycles. The molecule has 164 valence electrons. The van der Waals surface area contributed by atoms with Gasteiger partial charge in [-0.2, -0.15) is 0 Å². The molecule has 1 aliphatic heterocycles. The largest absolute Gasteiger partial charge is 0.352 e. The summed E-state index contributed by atoms with van der Waals surface area (Å²) >= 11 is 1.44. The topological polar surface area (TPSA) is 49.4 Å². The van der Waals surface area contributed by atoms with Crippen molar-refractivity contribution in [2.45, 2.75) is 37.1 Å². The maximum atomic E-state index is 13.5. The van der Waals surface area contributed by atoms with Crippen molar-refractivity contribution in [3.63, 3.8) is 0 Å². The van der Waals surface area contributed by atoms with Gasteiger partial charge in [-0.1, -0.05) is 61.0 Å². The zero-order valence-corrected chi connectivity index (χ0v) is 18.9. The van der Waals surface area contributed by atoms with E-state index in [-0.39, 0.29) is 17.6 Å². The Morgan fingerprint density at radius 1 is 1.03 bits per heavy atom. The predicted molar refractivity (Wildman–Crippen MR) is 126 cm³/mol. The first-order chi connectivity index (χ1) is 15.4. The summed E-state index contributed by atoms with van der Waals surface area (Å²) in [5.41, 5.74) is 3.89. The second kappa shape index (κ2) is 9.57. The number of para-hydroxylation sites is 1. The molecule has 0 saturated carbocycles. The van der Waals surface area contributed by atoms with Crippen LogP contribution in [0.25, 0.3) is 0 Å². The SMILES string of the molecule is Cc1ccc(CN2C(=O)[C@@H]([C@@H](C)C(=O)NCc3ccc(F)cc3)Sc3ccccc32)cc1. The fraction of sp³-hybridized carbons (Fsp3) is 0.231. The lowest BCUT2D eigenvalue weighted by Gasteiger charge is -2.35. The summed E-state index contributed by atoms with van der Waals surface area (Å²) in [6, 6.07) is 21.9. The monoisotopic (exact) mass is 448 g/mol. The van der Waals surface area contributed by atoms with Gasteiger partial charge in [0, 0.05) is 11.4 Å². The summed E-state index contributed by atoms with van der Waals surface area (Å²) in [6.07, 6.45) is 0. The molecule has 0 aliphatic carbocycles. The van der Waals surface area contributed by atoms with Crippen LogP contribution in [0.2, 0.25) is 0 Å². The molecule has 4 rings (SSSR count). The van der Waals surface area contributed by atoms with E-state index in [0.29, 0.717) is 13.1 Å². The molecule has 0 spiro atoms. The van der Waals surface area contributed by atoms with Crippen molar-refractivity contribution in [3.8, 4) is 0 Å². The highest BCUT2D eigenvalue weighted by Gasteiger charge is 2.39. The number of thioether (sulfide) groups is 1. The van der Waals surface area contributed by atoms with E-state index in [1.807, 2.05) is 55.5 Å². The Kier molecular flexibility index (Phi) is 6.61. The Hall–Kier alpha value is -3.12. The van der Waals surface area contributed by atoms with E-state index >= 15 is 0 Å². The van der Waals surface area contributed by atoms with Crippen LogP contribution in [0, 0.1) is 18.7 Å². The first-order valence-electron chi connectivity index (χ1n) is 10.6. The molecule has 2 amide bonds. The minimum absolute atomic E-state index is 0.0706. The van der Waals surface area contributed by atoms with E-state index in [9.17, 15) is 14.0 Å². The third-order valence-corrected chi connectivity index (χ3v) is 7.09. The van der Waals surface area contributed by atoms with Gasteiger partial charge in [-0.25, -0.2) is 4.39 Å². The Morgan fingerprint density at radius 2 is 1.69 bits per heavy atom. The number of rotatable bonds is 6. The van der Waals surface area contributed by atoms with Crippen LogP contribution in [0.3, 0.4) is 0 Å². The van der Waals surface area contributed by atoms with Gasteiger partial charge in [0.05, 0.1) is 18.2 Å². The van der Waals surface area contributed by atoms with Gasteiger partial charge in [-0.3, -0.25) is 9.59 Å². The standard InChI is InChI=1S/C26H25FN2O2S/c1-17-7-9-20(10-8-17)16-29-22-5-3-4-6-23(22)32-24(26(29)31)18(2)25(30)28-15-19-11-13-21(27)14-12-19/h3-14,18,24H,15-16H2,1-2H3,(H,28,30)/t18-,24-/m1/s1. The molecule has 1 heterocycles. The molecule has 3 aromatic rings. The minimum Gasteiger partial charge on any atom is -0.352 e. The highest BCUT2D eigenvalue weighted by Crippen LogP contribution is 2.42. The fourth-order valence-electron chi connectivity index (χ4n) is 3.68. The third kappa shape index (κ3) is 4.86. The van der Waals surface area contributed by atoms with Crippen molar-refractivity contribution in [2.24, 2.45) is 5.92 Å². The highest BCUT2D eigenvalue weighted by molar-refractivity contribution is 8.01. The molecular weight excluding hydrogens is 423 g/mol. The minimum atomic E-state index is -0.526. The van der Waals surface area contributed by atoms with Crippen molar-refractivity contribution in [3.05, 3.63) is 95.3 Å². The number of halogens is 1. The predicted octanol–water partition coefficient (Wildman–Crippen LogP) is 5.09. The number of fused-ring (bicyclic) bond motifs is 1. The van der Waals surface area contributed by atoms with Crippen molar-refractivity contribution >= 4 is 29.3 Å². The van der Waals surface area contributed by atoms with Crippen molar-refractivity contribution in [2.75, 3.05) is 4.90 Å². The van der Waals surface area contributed by atoms with Crippen molar-refractivity contribution in [1.82, 2.24) is 5.32 Å². The smallest absolute Gasteiger partial charge is 0.241 e. The maximum Gasteiger partial charge on any atom is 0.241 e. The number of carbonyl (C=O) groups is 2. The Morgan fingerprint density at radius 3 is 2.41 bits per heavy atom. The van der Waals surface area contributed by atoms with Gasteiger partial charge in [-0.15, -0.1) is 11.8 Å². The number of benzene rings is 3. The van der Waals surface area contributed by atoms with E-state index in [1.54, 1.807) is 24.0 Å². The van der Waals surface area contributed by atoms with Gasteiger partial charge < -0.3 is 10.2 Å². The highest BCUT2D eigenvalue weighted by atomic mass is 32.2. The van der Waals surface area contributed by atoms with E-state index in [1.165, 1.54) is 29.5 Å². The number of hydrogen-bond donors (Lipinski definition) is 1. The molecule has 3 aromatic carbocycles. The van der Waals surface area contributed by atoms with Gasteiger partial charge in [0.25, 0.3) is 0 Å². The summed E-state index contributed by atoms with van der Waals surface area (Å²) in [5, 5.41) is 2.36. The van der Waals surface area contributed by atoms with Crippen LogP contribution < -0.4 is 10.2 Å². The lowest BCUT2D eigenvalue weighted by Crippen LogP contribution is -2.47. The molecule has 0 fully saturated rings. The van der Waals surface area contributed by atoms with E-state index < -0.39 is 11.2 Å². The van der Waals surface area contributed by atoms with E-state index in [2.05, 4.69) is 5.32 Å². The van der Waals surface area contributed by atoms with Gasteiger partial charge in [0.2, 0.25) is 11.8 Å². The summed E-state index contributed by atoms with van der Waals surface area (Å²) < 4.78 is 13.1. The first-order valence-corrected chi connectivity index (χ1v) is 11.4. The van der Waals surface area contributed by atoms with Crippen LogP contribution in [0.15, 0.2) is 77.7 Å². The summed E-state index contributed by atoms with van der Waals surface area (Å²) in [4.78, 5) is 29.1. The quantitative estimate of drug-likeness (QED) is 0.571. The second-order valence-corrected chi connectivity index (χ2v) is 9.23. The van der Waals surface area contributed by atoms with E-state index in [0.717, 1.165) is 21.7 Å². The summed E-state index contributed by atoms with van der Waals surface area (Å²) in [7, 11) is 0. The number of anilines is 1. The molecule has 0 unspecified atom stereocenters. The van der Waals surface area contributed by atoms with Gasteiger partial charge in [-0.05, 0) is 42.3 Å². The molecule has 0 bridgehead atoms. The number of aryl methyl sites for hydroxylation is 1. The maximum absolute atomic E-state index is 13.5. The van der Waals surface area contributed by atoms with Crippen LogP contribution >= 0.6 is 11.8 Å². The average molecular weight is 449 g/mol. The zero-order chi connectivity index (χ0) is 22.7. The van der Waals surface area contributed by atoms with Crippen molar-refractivity contribution < 1.29 is 14.0 Å². The number of nitrogens with zero attached hydrogens (tertiary/aromatic N) is 1. The molecule has 0 radical (unpaired) electrons. The molecule has 2 atom stereocenters. The lowest BCUT2D eigenvalue weighted by atomic mass is 10.0. The van der Waals surface area contributed by atoms with Gasteiger partial charge in [0.1, 0.15) is 11.1 Å². The molecule has 1 aliphatic rings. The Balaban J connectivity index is 1.51. The molecule has 32 heavy (non-hydrogen) atoms. The molecular formula is C26H25FN2O2S. The number of amides is 2. The molecule has 4 nitrogen and oxygen atoms in total. The Labute approximate surface area is 191 Å². The first kappa shape index (κ1) is 22.1. The second-order valence-electron chi connectivity index (χ2n) is 8.05. The summed E-state index contributed by atoms with van der Waals surface area (Å²) in [5.74, 6) is -1.11. The van der Waals surface area contributed by atoms with E-state index in [4.69, 9.17) is 0 Å². The van der Waals surface area contributed by atoms with Crippen LogP contribution in [0.1, 0.15) is 23.6 Å². The normalized spacial score (nSPS) is 16.4. The molecule has 1 N–H and O–H groups in total. The lowest BCUT2D eigenvalue weighted by molar-refractivity contribution is -0.128. The molecule has 6 heteroatoms. The van der Waals surface area contributed by atoms with Crippen LogP contribution in [0.5, 0.6) is 0 Å². The van der Waals surface area contributed by atoms with Gasteiger partial charge >= 0.3 is 0 Å². The average Bonchev–Trinajstić information content (AvgIpc) is 2.81. The van der Waals surface area contributed by atoms with Crippen LogP contribution in [-0.4, -0.2) is 17.1 Å². The van der Waals surface area contributed by atoms with Crippen LogP contribution in [-0.2, 0) is 22.7 Å². The number of carbonyl (C=O) groups excluding carboxylic acids is 2. The zero-order valence-electron chi connectivity index (χ0n) is 18.0. The molecule has 0 aromatic heterocycles. The number of hydrogen-bond acceptors (Lipinski definition) is 3. The summed E-state index contributed by atoms with van der Waals surface area (Å²) in [6.45, 7) is 4.56. The van der Waals surface area contributed by atoms with Crippen LogP contribution in [0.4, 0.5) is 10.1 Å². The fourth-order valence-corrected chi connectivity index (χ4v) is 4.97. The number of nitrogens with one attached hydrogen (secondary N) is 1.